The molecule has 0 bridgehead atoms. The largest absolute Gasteiger partial charge is 0.497 e. The van der Waals surface area contributed by atoms with Gasteiger partial charge in [-0.05, 0) is 34.5 Å². The Labute approximate surface area is 162 Å². The van der Waals surface area contributed by atoms with Gasteiger partial charge < -0.3 is 9.47 Å². The number of aromatic nitrogens is 2. The second-order valence-electron chi connectivity index (χ2n) is 6.42. The Kier molecular flexibility index (Phi) is 4.81. The van der Waals surface area contributed by atoms with Gasteiger partial charge in [-0.25, -0.2) is 4.68 Å². The zero-order chi connectivity index (χ0) is 19.5. The van der Waals surface area contributed by atoms with Gasteiger partial charge in [0, 0.05) is 17.7 Å². The number of rotatable bonds is 5. The lowest BCUT2D eigenvalue weighted by Gasteiger charge is -2.12. The van der Waals surface area contributed by atoms with E-state index in [4.69, 9.17) is 9.47 Å². The quantitative estimate of drug-likeness (QED) is 0.529. The Bertz CT molecular complexity index is 1190. The van der Waals surface area contributed by atoms with Crippen molar-refractivity contribution in [3.63, 3.8) is 0 Å². The molecular formula is C23H20N2O3. The van der Waals surface area contributed by atoms with E-state index < -0.39 is 0 Å². The van der Waals surface area contributed by atoms with E-state index in [1.165, 1.54) is 10.7 Å². The first-order valence-corrected chi connectivity index (χ1v) is 8.97. The highest BCUT2D eigenvalue weighted by molar-refractivity contribution is 5.85. The fourth-order valence-electron chi connectivity index (χ4n) is 3.31. The van der Waals surface area contributed by atoms with Crippen molar-refractivity contribution in [2.75, 3.05) is 14.2 Å². The van der Waals surface area contributed by atoms with Crippen LogP contribution < -0.4 is 15.0 Å². The molecule has 0 atom stereocenters. The van der Waals surface area contributed by atoms with Crippen molar-refractivity contribution in [2.45, 2.75) is 6.54 Å². The van der Waals surface area contributed by atoms with Crippen molar-refractivity contribution in [3.8, 4) is 22.8 Å². The number of ether oxygens (including phenoxy) is 2. The van der Waals surface area contributed by atoms with E-state index in [2.05, 4.69) is 23.3 Å². The summed E-state index contributed by atoms with van der Waals surface area (Å²) in [5.74, 6) is 1.34. The first-order chi connectivity index (χ1) is 13.7. The second-order valence-corrected chi connectivity index (χ2v) is 6.42. The fourth-order valence-corrected chi connectivity index (χ4v) is 3.31. The third-order valence-electron chi connectivity index (χ3n) is 4.75. The maximum absolute atomic E-state index is 12.4. The van der Waals surface area contributed by atoms with Gasteiger partial charge in [-0.3, -0.25) is 4.79 Å². The number of hydrogen-bond acceptors (Lipinski definition) is 4. The lowest BCUT2D eigenvalue weighted by atomic mass is 10.0. The summed E-state index contributed by atoms with van der Waals surface area (Å²) in [5, 5.41) is 6.85. The standard InChI is InChI=1S/C23H20N2O3/c1-27-18-10-11-20(22(14-18)28-2)21-12-13-23(26)25(24-21)15-17-8-5-7-16-6-3-4-9-19(16)17/h3-14H,15H2,1-2H3. The molecule has 0 aliphatic rings. The van der Waals surface area contributed by atoms with Crippen LogP contribution in [0.2, 0.25) is 0 Å². The molecule has 3 aromatic carbocycles. The minimum absolute atomic E-state index is 0.149. The van der Waals surface area contributed by atoms with E-state index in [1.807, 2.05) is 36.4 Å². The van der Waals surface area contributed by atoms with Crippen LogP contribution >= 0.6 is 0 Å². The molecule has 5 heteroatoms. The molecule has 0 radical (unpaired) electrons. The first kappa shape index (κ1) is 17.8. The van der Waals surface area contributed by atoms with Crippen LogP contribution in [0.25, 0.3) is 22.0 Å². The Morgan fingerprint density at radius 3 is 2.54 bits per heavy atom. The van der Waals surface area contributed by atoms with E-state index in [-0.39, 0.29) is 5.56 Å². The number of hydrogen-bond donors (Lipinski definition) is 0. The molecule has 0 aliphatic carbocycles. The number of nitrogens with zero attached hydrogens (tertiary/aromatic N) is 2. The van der Waals surface area contributed by atoms with Crippen LogP contribution in [0.15, 0.2) is 77.6 Å². The van der Waals surface area contributed by atoms with Crippen molar-refractivity contribution in [1.82, 2.24) is 9.78 Å². The molecular weight excluding hydrogens is 352 g/mol. The van der Waals surface area contributed by atoms with Gasteiger partial charge in [0.15, 0.2) is 0 Å². The van der Waals surface area contributed by atoms with Gasteiger partial charge in [0.1, 0.15) is 11.5 Å². The normalized spacial score (nSPS) is 10.8. The predicted molar refractivity (Wildman–Crippen MR) is 110 cm³/mol. The average Bonchev–Trinajstić information content (AvgIpc) is 2.75. The van der Waals surface area contributed by atoms with Crippen molar-refractivity contribution in [2.24, 2.45) is 0 Å². The highest BCUT2D eigenvalue weighted by Crippen LogP contribution is 2.31. The smallest absolute Gasteiger partial charge is 0.267 e. The molecule has 0 saturated carbocycles. The van der Waals surface area contributed by atoms with Crippen molar-refractivity contribution in [1.29, 1.82) is 0 Å². The highest BCUT2D eigenvalue weighted by atomic mass is 16.5. The lowest BCUT2D eigenvalue weighted by molar-refractivity contribution is 0.395. The molecule has 0 amide bonds. The second kappa shape index (κ2) is 7.56. The summed E-state index contributed by atoms with van der Waals surface area (Å²) in [6.45, 7) is 0.395. The van der Waals surface area contributed by atoms with E-state index in [1.54, 1.807) is 26.4 Å². The molecule has 0 N–H and O–H groups in total. The van der Waals surface area contributed by atoms with Gasteiger partial charge in [-0.1, -0.05) is 42.5 Å². The van der Waals surface area contributed by atoms with E-state index in [9.17, 15) is 4.79 Å². The number of fused-ring (bicyclic) bond motifs is 1. The Morgan fingerprint density at radius 1 is 0.893 bits per heavy atom. The Morgan fingerprint density at radius 2 is 1.71 bits per heavy atom. The zero-order valence-corrected chi connectivity index (χ0v) is 15.8. The molecule has 140 valence electrons. The summed E-state index contributed by atoms with van der Waals surface area (Å²) in [6, 6.07) is 23.0. The molecule has 0 spiro atoms. The van der Waals surface area contributed by atoms with Gasteiger partial charge in [0.2, 0.25) is 0 Å². The molecule has 0 fully saturated rings. The third kappa shape index (κ3) is 3.34. The van der Waals surface area contributed by atoms with Gasteiger partial charge in [-0.2, -0.15) is 5.10 Å². The molecule has 1 aromatic heterocycles. The summed E-state index contributed by atoms with van der Waals surface area (Å²) in [7, 11) is 3.21. The third-order valence-corrected chi connectivity index (χ3v) is 4.75. The maximum atomic E-state index is 12.4. The molecule has 4 aromatic rings. The molecule has 4 rings (SSSR count). The molecule has 1 heterocycles. The SMILES string of the molecule is COc1ccc(-c2ccc(=O)n(Cc3cccc4ccccc34)n2)c(OC)c1. The summed E-state index contributed by atoms with van der Waals surface area (Å²) in [6.07, 6.45) is 0. The molecule has 5 nitrogen and oxygen atoms in total. The van der Waals surface area contributed by atoms with Crippen LogP contribution in [0, 0.1) is 0 Å². The fraction of sp³-hybridized carbons (Fsp3) is 0.130. The minimum Gasteiger partial charge on any atom is -0.497 e. The molecule has 0 unspecified atom stereocenters. The average molecular weight is 372 g/mol. The van der Waals surface area contributed by atoms with Gasteiger partial charge in [0.05, 0.1) is 26.5 Å². The monoisotopic (exact) mass is 372 g/mol. The van der Waals surface area contributed by atoms with Gasteiger partial charge in [-0.15, -0.1) is 0 Å². The minimum atomic E-state index is -0.149. The van der Waals surface area contributed by atoms with E-state index >= 15 is 0 Å². The Hall–Kier alpha value is -3.60. The van der Waals surface area contributed by atoms with Gasteiger partial charge >= 0.3 is 0 Å². The summed E-state index contributed by atoms with van der Waals surface area (Å²) in [5.41, 5.74) is 2.37. The van der Waals surface area contributed by atoms with Crippen LogP contribution in [0.5, 0.6) is 11.5 Å². The van der Waals surface area contributed by atoms with Crippen LogP contribution in [-0.4, -0.2) is 24.0 Å². The summed E-state index contributed by atoms with van der Waals surface area (Å²) in [4.78, 5) is 12.4. The lowest BCUT2D eigenvalue weighted by Crippen LogP contribution is -2.23. The van der Waals surface area contributed by atoms with Gasteiger partial charge in [0.25, 0.3) is 5.56 Å². The maximum Gasteiger partial charge on any atom is 0.267 e. The van der Waals surface area contributed by atoms with Crippen LogP contribution in [-0.2, 0) is 6.54 Å². The topological polar surface area (TPSA) is 53.4 Å². The highest BCUT2D eigenvalue weighted by Gasteiger charge is 2.11. The van der Waals surface area contributed by atoms with Crippen LogP contribution in [0.1, 0.15) is 5.56 Å². The Balaban J connectivity index is 1.77. The van der Waals surface area contributed by atoms with Crippen molar-refractivity contribution >= 4 is 10.8 Å². The van der Waals surface area contributed by atoms with Crippen LogP contribution in [0.3, 0.4) is 0 Å². The number of methoxy groups -OCH3 is 2. The first-order valence-electron chi connectivity index (χ1n) is 8.97. The van der Waals surface area contributed by atoms with E-state index in [0.717, 1.165) is 21.9 Å². The zero-order valence-electron chi connectivity index (χ0n) is 15.8. The summed E-state index contributed by atoms with van der Waals surface area (Å²) >= 11 is 0. The van der Waals surface area contributed by atoms with E-state index in [0.29, 0.717) is 23.7 Å². The number of benzene rings is 3. The summed E-state index contributed by atoms with van der Waals surface area (Å²) < 4.78 is 12.2. The van der Waals surface area contributed by atoms with Crippen molar-refractivity contribution in [3.05, 3.63) is 88.7 Å². The van der Waals surface area contributed by atoms with Crippen molar-refractivity contribution < 1.29 is 9.47 Å². The molecule has 0 aliphatic heterocycles. The van der Waals surface area contributed by atoms with Crippen LogP contribution in [0.4, 0.5) is 0 Å². The predicted octanol–water partition coefficient (Wildman–Crippen LogP) is 4.13. The molecule has 0 saturated heterocycles. The molecule has 28 heavy (non-hydrogen) atoms.